The van der Waals surface area contributed by atoms with E-state index < -0.39 is 0 Å². The number of nitrogens with one attached hydrogen (secondary N) is 1. The maximum Gasteiger partial charge on any atom is 0.227 e. The highest BCUT2D eigenvalue weighted by atomic mass is 16.5. The number of aryl methyl sites for hydroxylation is 2. The number of amides is 1. The molecule has 25 heavy (non-hydrogen) atoms. The van der Waals surface area contributed by atoms with Crippen LogP contribution in [0, 0.1) is 13.8 Å². The van der Waals surface area contributed by atoms with Gasteiger partial charge in [-0.05, 0) is 58.3 Å². The lowest BCUT2D eigenvalue weighted by Crippen LogP contribution is -2.41. The molecule has 0 bridgehead atoms. The standard InChI is InChI=1S/C19H26N4O2/c1-14-18(15(2)25-22-14)12-19(24)23(13-16-6-3-4-10-21-16)17-7-5-9-20-11-8-17/h3-4,6,10,17,20H,5,7-9,11-13H2,1-2H3. The molecule has 1 aliphatic rings. The SMILES string of the molecule is Cc1noc(C)c1CC(=O)N(Cc1ccccn1)C1CCCNCC1. The van der Waals surface area contributed by atoms with Gasteiger partial charge in [-0.2, -0.15) is 0 Å². The second-order valence-electron chi connectivity index (χ2n) is 6.66. The molecule has 6 heteroatoms. The zero-order valence-electron chi connectivity index (χ0n) is 15.0. The molecule has 1 amide bonds. The van der Waals surface area contributed by atoms with E-state index in [-0.39, 0.29) is 11.9 Å². The molecule has 1 unspecified atom stereocenters. The van der Waals surface area contributed by atoms with Crippen LogP contribution in [0.25, 0.3) is 0 Å². The van der Waals surface area contributed by atoms with Crippen molar-refractivity contribution in [3.63, 3.8) is 0 Å². The minimum absolute atomic E-state index is 0.118. The van der Waals surface area contributed by atoms with Gasteiger partial charge < -0.3 is 14.7 Å². The van der Waals surface area contributed by atoms with E-state index in [2.05, 4.69) is 15.5 Å². The summed E-state index contributed by atoms with van der Waals surface area (Å²) < 4.78 is 5.22. The summed E-state index contributed by atoms with van der Waals surface area (Å²) in [4.78, 5) is 19.6. The average molecular weight is 342 g/mol. The molecule has 0 saturated carbocycles. The Morgan fingerprint density at radius 3 is 2.92 bits per heavy atom. The van der Waals surface area contributed by atoms with Gasteiger partial charge in [-0.3, -0.25) is 9.78 Å². The van der Waals surface area contributed by atoms with E-state index in [0.717, 1.165) is 55.1 Å². The molecule has 1 N–H and O–H groups in total. The summed E-state index contributed by atoms with van der Waals surface area (Å²) in [6.07, 6.45) is 5.19. The van der Waals surface area contributed by atoms with Crippen LogP contribution in [0.5, 0.6) is 0 Å². The number of pyridine rings is 1. The van der Waals surface area contributed by atoms with Crippen LogP contribution >= 0.6 is 0 Å². The molecule has 3 heterocycles. The van der Waals surface area contributed by atoms with E-state index in [1.807, 2.05) is 36.9 Å². The molecule has 2 aromatic heterocycles. The van der Waals surface area contributed by atoms with Gasteiger partial charge in [0.25, 0.3) is 0 Å². The molecule has 1 saturated heterocycles. The lowest BCUT2D eigenvalue weighted by Gasteiger charge is -2.31. The number of carbonyl (C=O) groups is 1. The summed E-state index contributed by atoms with van der Waals surface area (Å²) in [5.74, 6) is 0.845. The van der Waals surface area contributed by atoms with E-state index in [0.29, 0.717) is 13.0 Å². The number of carbonyl (C=O) groups excluding carboxylic acids is 1. The number of rotatable bonds is 5. The minimum Gasteiger partial charge on any atom is -0.361 e. The third-order valence-corrected chi connectivity index (χ3v) is 4.87. The second kappa shape index (κ2) is 8.25. The third kappa shape index (κ3) is 4.45. The molecule has 0 aliphatic carbocycles. The summed E-state index contributed by atoms with van der Waals surface area (Å²) >= 11 is 0. The normalized spacial score (nSPS) is 17.9. The molecular weight excluding hydrogens is 316 g/mol. The van der Waals surface area contributed by atoms with Crippen LogP contribution in [-0.2, 0) is 17.8 Å². The fourth-order valence-electron chi connectivity index (χ4n) is 3.41. The molecular formula is C19H26N4O2. The molecule has 1 aliphatic heterocycles. The zero-order valence-corrected chi connectivity index (χ0v) is 15.0. The van der Waals surface area contributed by atoms with Crippen LogP contribution in [0.15, 0.2) is 28.9 Å². The quantitative estimate of drug-likeness (QED) is 0.903. The highest BCUT2D eigenvalue weighted by molar-refractivity contribution is 5.79. The maximum absolute atomic E-state index is 13.1. The summed E-state index contributed by atoms with van der Waals surface area (Å²) in [6, 6.07) is 6.08. The first-order chi connectivity index (χ1) is 12.1. The number of hydrogen-bond acceptors (Lipinski definition) is 5. The van der Waals surface area contributed by atoms with Gasteiger partial charge in [0.1, 0.15) is 5.76 Å². The van der Waals surface area contributed by atoms with Crippen LogP contribution in [0.4, 0.5) is 0 Å². The van der Waals surface area contributed by atoms with Gasteiger partial charge in [-0.1, -0.05) is 11.2 Å². The monoisotopic (exact) mass is 342 g/mol. The first-order valence-electron chi connectivity index (χ1n) is 8.97. The van der Waals surface area contributed by atoms with Crippen molar-refractivity contribution < 1.29 is 9.32 Å². The average Bonchev–Trinajstić information content (AvgIpc) is 2.84. The minimum atomic E-state index is 0.118. The van der Waals surface area contributed by atoms with Crippen molar-refractivity contribution in [1.29, 1.82) is 0 Å². The second-order valence-corrected chi connectivity index (χ2v) is 6.66. The fraction of sp³-hybridized carbons (Fsp3) is 0.526. The van der Waals surface area contributed by atoms with E-state index in [1.54, 1.807) is 6.20 Å². The molecule has 0 spiro atoms. The third-order valence-electron chi connectivity index (χ3n) is 4.87. The summed E-state index contributed by atoms with van der Waals surface area (Å²) in [6.45, 7) is 6.26. The Hall–Kier alpha value is -2.21. The predicted octanol–water partition coefficient (Wildman–Crippen LogP) is 2.40. The Bertz CT molecular complexity index is 671. The zero-order chi connectivity index (χ0) is 17.6. The van der Waals surface area contributed by atoms with Gasteiger partial charge >= 0.3 is 0 Å². The van der Waals surface area contributed by atoms with Crippen molar-refractivity contribution >= 4 is 5.91 Å². The Morgan fingerprint density at radius 2 is 2.20 bits per heavy atom. The topological polar surface area (TPSA) is 71.3 Å². The summed E-state index contributed by atoms with van der Waals surface area (Å²) in [5, 5.41) is 7.39. The number of nitrogens with zero attached hydrogens (tertiary/aromatic N) is 3. The molecule has 0 radical (unpaired) electrons. The van der Waals surface area contributed by atoms with Crippen LogP contribution in [0.2, 0.25) is 0 Å². The maximum atomic E-state index is 13.1. The molecule has 6 nitrogen and oxygen atoms in total. The van der Waals surface area contributed by atoms with Gasteiger partial charge in [0.15, 0.2) is 0 Å². The van der Waals surface area contributed by atoms with Gasteiger partial charge in [0.05, 0.1) is 24.4 Å². The highest BCUT2D eigenvalue weighted by Gasteiger charge is 2.26. The highest BCUT2D eigenvalue weighted by Crippen LogP contribution is 2.20. The Morgan fingerprint density at radius 1 is 1.32 bits per heavy atom. The van der Waals surface area contributed by atoms with E-state index in [1.165, 1.54) is 0 Å². The fourth-order valence-corrected chi connectivity index (χ4v) is 3.41. The predicted molar refractivity (Wildman–Crippen MR) is 95.0 cm³/mol. The van der Waals surface area contributed by atoms with Crippen LogP contribution in [0.3, 0.4) is 0 Å². The first kappa shape index (κ1) is 17.6. The Labute approximate surface area is 148 Å². The first-order valence-corrected chi connectivity index (χ1v) is 8.97. The Balaban J connectivity index is 1.80. The van der Waals surface area contributed by atoms with Crippen molar-refractivity contribution in [1.82, 2.24) is 20.4 Å². The number of hydrogen-bond donors (Lipinski definition) is 1. The molecule has 1 fully saturated rings. The molecule has 3 rings (SSSR count). The van der Waals surface area contributed by atoms with Gasteiger partial charge in [-0.25, -0.2) is 0 Å². The molecule has 1 atom stereocenters. The van der Waals surface area contributed by atoms with E-state index in [9.17, 15) is 4.79 Å². The molecule has 2 aromatic rings. The van der Waals surface area contributed by atoms with Crippen molar-refractivity contribution in [2.75, 3.05) is 13.1 Å². The van der Waals surface area contributed by atoms with Gasteiger partial charge in [0.2, 0.25) is 5.91 Å². The van der Waals surface area contributed by atoms with E-state index >= 15 is 0 Å². The van der Waals surface area contributed by atoms with Crippen LogP contribution < -0.4 is 5.32 Å². The van der Waals surface area contributed by atoms with Crippen molar-refractivity contribution in [3.8, 4) is 0 Å². The van der Waals surface area contributed by atoms with Gasteiger partial charge in [-0.15, -0.1) is 0 Å². The van der Waals surface area contributed by atoms with Crippen molar-refractivity contribution in [2.24, 2.45) is 0 Å². The van der Waals surface area contributed by atoms with Crippen molar-refractivity contribution in [3.05, 3.63) is 47.1 Å². The van der Waals surface area contributed by atoms with Crippen molar-refractivity contribution in [2.45, 2.75) is 52.1 Å². The molecule has 134 valence electrons. The lowest BCUT2D eigenvalue weighted by atomic mass is 10.0. The van der Waals surface area contributed by atoms with E-state index in [4.69, 9.17) is 4.52 Å². The molecule has 0 aromatic carbocycles. The van der Waals surface area contributed by atoms with Crippen LogP contribution in [0.1, 0.15) is 42.0 Å². The largest absolute Gasteiger partial charge is 0.361 e. The smallest absolute Gasteiger partial charge is 0.227 e. The lowest BCUT2D eigenvalue weighted by molar-refractivity contribution is -0.133. The number of aromatic nitrogens is 2. The summed E-state index contributed by atoms with van der Waals surface area (Å²) in [7, 11) is 0. The van der Waals surface area contributed by atoms with Gasteiger partial charge in [0, 0.05) is 17.8 Å². The van der Waals surface area contributed by atoms with Crippen LogP contribution in [-0.4, -0.2) is 40.1 Å². The Kier molecular flexibility index (Phi) is 5.81. The summed E-state index contributed by atoms with van der Waals surface area (Å²) in [5.41, 5.74) is 2.63.